The van der Waals surface area contributed by atoms with Crippen LogP contribution in [0.25, 0.3) is 0 Å². The summed E-state index contributed by atoms with van der Waals surface area (Å²) in [6.45, 7) is 5.73. The van der Waals surface area contributed by atoms with E-state index in [1.54, 1.807) is 23.6 Å². The van der Waals surface area contributed by atoms with Crippen molar-refractivity contribution in [3.05, 3.63) is 30.2 Å². The van der Waals surface area contributed by atoms with E-state index in [1.807, 2.05) is 0 Å². The lowest BCUT2D eigenvalue weighted by Crippen LogP contribution is -2.32. The Kier molecular flexibility index (Phi) is 5.38. The molecule has 0 bridgehead atoms. The van der Waals surface area contributed by atoms with E-state index in [4.69, 9.17) is 5.73 Å². The molecule has 0 aromatic carbocycles. The van der Waals surface area contributed by atoms with Crippen LogP contribution in [0, 0.1) is 5.92 Å². The van der Waals surface area contributed by atoms with E-state index in [0.717, 1.165) is 6.42 Å². The van der Waals surface area contributed by atoms with Crippen LogP contribution >= 0.6 is 11.3 Å². The monoisotopic (exact) mass is 328 g/mol. The van der Waals surface area contributed by atoms with Crippen molar-refractivity contribution in [2.45, 2.75) is 10.6 Å². The molecule has 1 aromatic heterocycles. The number of nitrogens with two attached hydrogens (primary N) is 1. The molecule has 2 rings (SSSR count). The normalized spacial score (nSPS) is 20.6. The highest BCUT2D eigenvalue weighted by Gasteiger charge is 2.32. The van der Waals surface area contributed by atoms with Gasteiger partial charge in [-0.25, -0.2) is 8.42 Å². The van der Waals surface area contributed by atoms with Crippen molar-refractivity contribution in [2.24, 2.45) is 16.6 Å². The largest absolute Gasteiger partial charge is 0.370 e. The van der Waals surface area contributed by atoms with Crippen LogP contribution in [0.3, 0.4) is 0 Å². The zero-order valence-corrected chi connectivity index (χ0v) is 13.4. The molecule has 1 aliphatic rings. The summed E-state index contributed by atoms with van der Waals surface area (Å²) in [4.78, 5) is 4.24. The van der Waals surface area contributed by atoms with E-state index in [2.05, 4.69) is 16.9 Å². The predicted molar refractivity (Wildman–Crippen MR) is 85.9 cm³/mol. The maximum atomic E-state index is 12.4. The van der Waals surface area contributed by atoms with Crippen molar-refractivity contribution in [2.75, 3.05) is 26.2 Å². The molecule has 2 heterocycles. The van der Waals surface area contributed by atoms with Gasteiger partial charge in [0.2, 0.25) is 0 Å². The third-order valence-corrected chi connectivity index (χ3v) is 6.52. The minimum Gasteiger partial charge on any atom is -0.370 e. The van der Waals surface area contributed by atoms with Gasteiger partial charge in [-0.15, -0.1) is 17.9 Å². The van der Waals surface area contributed by atoms with E-state index in [9.17, 15) is 8.42 Å². The van der Waals surface area contributed by atoms with Crippen LogP contribution in [0.2, 0.25) is 0 Å². The van der Waals surface area contributed by atoms with Crippen molar-refractivity contribution < 1.29 is 8.42 Å². The van der Waals surface area contributed by atoms with Crippen LogP contribution in [-0.2, 0) is 10.0 Å². The SMILES string of the molecule is C=CCNC(N)=NCC1CCN(S(=O)(=O)c2cccs2)C1. The second-order valence-corrected chi connectivity index (χ2v) is 7.96. The Hall–Kier alpha value is -1.38. The highest BCUT2D eigenvalue weighted by Crippen LogP contribution is 2.26. The van der Waals surface area contributed by atoms with Gasteiger partial charge in [0.05, 0.1) is 0 Å². The molecule has 116 valence electrons. The fourth-order valence-corrected chi connectivity index (χ4v) is 4.84. The van der Waals surface area contributed by atoms with Gasteiger partial charge in [0.1, 0.15) is 4.21 Å². The highest BCUT2D eigenvalue weighted by molar-refractivity contribution is 7.91. The topological polar surface area (TPSA) is 87.8 Å². The molecule has 1 atom stereocenters. The number of nitrogens with zero attached hydrogens (tertiary/aromatic N) is 2. The quantitative estimate of drug-likeness (QED) is 0.460. The van der Waals surface area contributed by atoms with Gasteiger partial charge in [0.15, 0.2) is 5.96 Å². The van der Waals surface area contributed by atoms with Crippen molar-refractivity contribution >= 4 is 27.3 Å². The number of nitrogens with one attached hydrogen (secondary N) is 1. The van der Waals surface area contributed by atoms with E-state index < -0.39 is 10.0 Å². The molecule has 1 aromatic rings. The molecule has 3 N–H and O–H groups in total. The van der Waals surface area contributed by atoms with Crippen molar-refractivity contribution in [1.82, 2.24) is 9.62 Å². The summed E-state index contributed by atoms with van der Waals surface area (Å²) in [6, 6.07) is 3.39. The van der Waals surface area contributed by atoms with E-state index in [0.29, 0.717) is 36.3 Å². The van der Waals surface area contributed by atoms with Gasteiger partial charge < -0.3 is 11.1 Å². The molecule has 6 nitrogen and oxygen atoms in total. The number of hydrogen-bond acceptors (Lipinski definition) is 4. The summed E-state index contributed by atoms with van der Waals surface area (Å²) in [5.41, 5.74) is 5.70. The van der Waals surface area contributed by atoms with Gasteiger partial charge in [-0.1, -0.05) is 12.1 Å². The van der Waals surface area contributed by atoms with Crippen LogP contribution in [0.5, 0.6) is 0 Å². The molecular weight excluding hydrogens is 308 g/mol. The first-order chi connectivity index (χ1) is 10.0. The Bertz CT molecular complexity index is 596. The second-order valence-electron chi connectivity index (χ2n) is 4.85. The first kappa shape index (κ1) is 16.0. The Morgan fingerprint density at radius 3 is 3.14 bits per heavy atom. The third-order valence-electron chi connectivity index (χ3n) is 3.29. The molecule has 1 fully saturated rings. The minimum absolute atomic E-state index is 0.212. The number of guanidine groups is 1. The summed E-state index contributed by atoms with van der Waals surface area (Å²) in [5, 5.41) is 4.67. The Morgan fingerprint density at radius 2 is 2.48 bits per heavy atom. The fraction of sp³-hybridized carbons (Fsp3) is 0.462. The molecule has 21 heavy (non-hydrogen) atoms. The van der Waals surface area contributed by atoms with E-state index >= 15 is 0 Å². The summed E-state index contributed by atoms with van der Waals surface area (Å²) in [6.07, 6.45) is 2.51. The van der Waals surface area contributed by atoms with E-state index in [-0.39, 0.29) is 5.92 Å². The number of sulfonamides is 1. The molecule has 0 radical (unpaired) electrons. The number of thiophene rings is 1. The maximum absolute atomic E-state index is 12.4. The van der Waals surface area contributed by atoms with Crippen LogP contribution < -0.4 is 11.1 Å². The lowest BCUT2D eigenvalue weighted by Gasteiger charge is -2.14. The average Bonchev–Trinajstić information content (AvgIpc) is 3.13. The number of hydrogen-bond donors (Lipinski definition) is 2. The summed E-state index contributed by atoms with van der Waals surface area (Å²) in [5.74, 6) is 0.582. The summed E-state index contributed by atoms with van der Waals surface area (Å²) in [7, 11) is -3.34. The standard InChI is InChI=1S/C13H20N4O2S2/c1-2-6-15-13(14)16-9-11-5-7-17(10-11)21(18,19)12-4-3-8-20-12/h2-4,8,11H,1,5-7,9-10H2,(H3,14,15,16). The summed E-state index contributed by atoms with van der Waals surface area (Å²) < 4.78 is 26.7. The predicted octanol–water partition coefficient (Wildman–Crippen LogP) is 0.849. The molecular formula is C13H20N4O2S2. The second kappa shape index (κ2) is 7.06. The molecule has 1 saturated heterocycles. The molecule has 8 heteroatoms. The lowest BCUT2D eigenvalue weighted by molar-refractivity contribution is 0.460. The van der Waals surface area contributed by atoms with Crippen LogP contribution in [0.1, 0.15) is 6.42 Å². The zero-order valence-electron chi connectivity index (χ0n) is 11.7. The van der Waals surface area contributed by atoms with Crippen LogP contribution in [-0.4, -0.2) is 44.9 Å². The smallest absolute Gasteiger partial charge is 0.252 e. The van der Waals surface area contributed by atoms with Gasteiger partial charge in [0.25, 0.3) is 10.0 Å². The van der Waals surface area contributed by atoms with Crippen molar-refractivity contribution in [3.8, 4) is 0 Å². The van der Waals surface area contributed by atoms with Gasteiger partial charge in [-0.3, -0.25) is 4.99 Å². The number of aliphatic imine (C=N–C) groups is 1. The van der Waals surface area contributed by atoms with Crippen LogP contribution in [0.4, 0.5) is 0 Å². The van der Waals surface area contributed by atoms with Gasteiger partial charge in [-0.05, 0) is 23.8 Å². The molecule has 0 spiro atoms. The van der Waals surface area contributed by atoms with Gasteiger partial charge >= 0.3 is 0 Å². The van der Waals surface area contributed by atoms with E-state index in [1.165, 1.54) is 15.6 Å². The van der Waals surface area contributed by atoms with Gasteiger partial charge in [0, 0.05) is 26.2 Å². The highest BCUT2D eigenvalue weighted by atomic mass is 32.2. The molecule has 0 aliphatic carbocycles. The minimum atomic E-state index is -3.34. The molecule has 1 aliphatic heterocycles. The first-order valence-electron chi connectivity index (χ1n) is 6.72. The lowest BCUT2D eigenvalue weighted by atomic mass is 10.1. The number of rotatable bonds is 6. The zero-order chi connectivity index (χ0) is 15.3. The molecule has 0 saturated carbocycles. The molecule has 1 unspecified atom stereocenters. The van der Waals surface area contributed by atoms with Crippen LogP contribution in [0.15, 0.2) is 39.4 Å². The first-order valence-corrected chi connectivity index (χ1v) is 9.04. The third kappa shape index (κ3) is 4.05. The Morgan fingerprint density at radius 1 is 1.67 bits per heavy atom. The van der Waals surface area contributed by atoms with Gasteiger partial charge in [-0.2, -0.15) is 4.31 Å². The molecule has 0 amide bonds. The van der Waals surface area contributed by atoms with Crippen molar-refractivity contribution in [3.63, 3.8) is 0 Å². The maximum Gasteiger partial charge on any atom is 0.252 e. The fourth-order valence-electron chi connectivity index (χ4n) is 2.16. The Balaban J connectivity index is 1.91. The van der Waals surface area contributed by atoms with Crippen molar-refractivity contribution in [1.29, 1.82) is 0 Å². The Labute approximate surface area is 129 Å². The average molecular weight is 328 g/mol. The summed E-state index contributed by atoms with van der Waals surface area (Å²) >= 11 is 1.25.